The fourth-order valence-electron chi connectivity index (χ4n) is 1.89. The lowest BCUT2D eigenvalue weighted by Gasteiger charge is -2.11. The minimum absolute atomic E-state index is 0. The Balaban J connectivity index is 0.00000288. The van der Waals surface area contributed by atoms with E-state index in [2.05, 4.69) is 27.5 Å². The van der Waals surface area contributed by atoms with Crippen LogP contribution >= 0.6 is 35.3 Å². The molecule has 0 amide bonds. The minimum atomic E-state index is -0.304. The lowest BCUT2D eigenvalue weighted by Crippen LogP contribution is -2.38. The van der Waals surface area contributed by atoms with Crippen LogP contribution in [-0.4, -0.2) is 31.1 Å². The Morgan fingerprint density at radius 3 is 2.75 bits per heavy atom. The van der Waals surface area contributed by atoms with Crippen molar-refractivity contribution in [2.24, 2.45) is 4.99 Å². The van der Waals surface area contributed by atoms with Crippen LogP contribution in [0.1, 0.15) is 15.6 Å². The number of benzene rings is 1. The van der Waals surface area contributed by atoms with Crippen molar-refractivity contribution >= 4 is 41.3 Å². The number of ether oxygens (including phenoxy) is 1. The largest absolute Gasteiger partial charge is 0.492 e. The van der Waals surface area contributed by atoms with E-state index in [9.17, 15) is 4.39 Å². The molecule has 0 saturated heterocycles. The third-order valence-electron chi connectivity index (χ3n) is 3.16. The lowest BCUT2D eigenvalue weighted by atomic mass is 10.3. The molecule has 0 fully saturated rings. The number of hydrogen-bond acceptors (Lipinski definition) is 4. The number of aromatic nitrogens is 1. The summed E-state index contributed by atoms with van der Waals surface area (Å²) in [5.74, 6) is 0.892. The number of rotatable bonds is 6. The molecule has 1 aromatic heterocycles. The number of nitrogens with zero attached hydrogens (tertiary/aromatic N) is 2. The second kappa shape index (κ2) is 10.4. The Labute approximate surface area is 162 Å². The highest BCUT2D eigenvalue weighted by atomic mass is 127. The first-order valence-electron chi connectivity index (χ1n) is 7.34. The van der Waals surface area contributed by atoms with Crippen molar-refractivity contribution in [1.82, 2.24) is 15.6 Å². The summed E-state index contributed by atoms with van der Waals surface area (Å²) in [6, 6.07) is 6.10. The van der Waals surface area contributed by atoms with Gasteiger partial charge in [-0.15, -0.1) is 35.3 Å². The summed E-state index contributed by atoms with van der Waals surface area (Å²) in [5.41, 5.74) is 1.07. The van der Waals surface area contributed by atoms with Gasteiger partial charge >= 0.3 is 0 Å². The zero-order chi connectivity index (χ0) is 16.7. The molecule has 0 bridgehead atoms. The number of guanidine groups is 1. The van der Waals surface area contributed by atoms with Gasteiger partial charge in [-0.2, -0.15) is 0 Å². The average molecular weight is 464 g/mol. The molecule has 0 aliphatic carbocycles. The molecule has 0 spiro atoms. The summed E-state index contributed by atoms with van der Waals surface area (Å²) < 4.78 is 18.5. The van der Waals surface area contributed by atoms with Crippen LogP contribution < -0.4 is 15.4 Å². The molecule has 1 aromatic carbocycles. The number of halogens is 2. The fraction of sp³-hybridized carbons (Fsp3) is 0.375. The Morgan fingerprint density at radius 2 is 2.12 bits per heavy atom. The van der Waals surface area contributed by atoms with Crippen LogP contribution in [0.25, 0.3) is 0 Å². The fourth-order valence-corrected chi connectivity index (χ4v) is 2.76. The molecule has 2 rings (SSSR count). The number of aliphatic imine (C=N–C) groups is 1. The third kappa shape index (κ3) is 6.60. The summed E-state index contributed by atoms with van der Waals surface area (Å²) in [6.45, 7) is 5.68. The molecule has 5 nitrogen and oxygen atoms in total. The smallest absolute Gasteiger partial charge is 0.191 e. The van der Waals surface area contributed by atoms with Crippen molar-refractivity contribution in [3.05, 3.63) is 45.7 Å². The van der Waals surface area contributed by atoms with Crippen molar-refractivity contribution in [2.45, 2.75) is 20.4 Å². The molecule has 1 heterocycles. The highest BCUT2D eigenvalue weighted by molar-refractivity contribution is 14.0. The summed E-state index contributed by atoms with van der Waals surface area (Å²) in [4.78, 5) is 9.85. The van der Waals surface area contributed by atoms with Gasteiger partial charge in [-0.05, 0) is 26.0 Å². The Morgan fingerprint density at radius 1 is 1.33 bits per heavy atom. The topological polar surface area (TPSA) is 58.5 Å². The van der Waals surface area contributed by atoms with Crippen molar-refractivity contribution in [1.29, 1.82) is 0 Å². The van der Waals surface area contributed by atoms with Gasteiger partial charge in [-0.25, -0.2) is 9.37 Å². The summed E-state index contributed by atoms with van der Waals surface area (Å²) >= 11 is 1.68. The second-order valence-corrected chi connectivity index (χ2v) is 6.20. The summed E-state index contributed by atoms with van der Waals surface area (Å²) in [6.07, 6.45) is 0. The highest BCUT2D eigenvalue weighted by Gasteiger charge is 2.04. The molecule has 24 heavy (non-hydrogen) atoms. The predicted octanol–water partition coefficient (Wildman–Crippen LogP) is 3.26. The molecule has 0 aliphatic rings. The molecule has 0 unspecified atom stereocenters. The van der Waals surface area contributed by atoms with Gasteiger partial charge in [0.05, 0.1) is 18.8 Å². The lowest BCUT2D eigenvalue weighted by molar-refractivity contribution is 0.320. The molecule has 8 heteroatoms. The van der Waals surface area contributed by atoms with E-state index in [4.69, 9.17) is 4.74 Å². The van der Waals surface area contributed by atoms with Crippen LogP contribution in [0.5, 0.6) is 5.75 Å². The first kappa shape index (κ1) is 20.6. The second-order valence-electron chi connectivity index (χ2n) is 4.91. The van der Waals surface area contributed by atoms with E-state index in [0.717, 1.165) is 10.7 Å². The number of thiazole rings is 1. The molecule has 2 aromatic rings. The van der Waals surface area contributed by atoms with Gasteiger partial charge in [0.25, 0.3) is 0 Å². The van der Waals surface area contributed by atoms with Crippen LogP contribution in [0, 0.1) is 19.7 Å². The van der Waals surface area contributed by atoms with E-state index in [1.165, 1.54) is 17.0 Å². The van der Waals surface area contributed by atoms with Gasteiger partial charge in [-0.3, -0.25) is 4.99 Å². The zero-order valence-electron chi connectivity index (χ0n) is 13.9. The van der Waals surface area contributed by atoms with Crippen LogP contribution in [0.15, 0.2) is 29.3 Å². The first-order valence-corrected chi connectivity index (χ1v) is 8.16. The van der Waals surface area contributed by atoms with Crippen molar-refractivity contribution in [2.75, 3.05) is 20.2 Å². The zero-order valence-corrected chi connectivity index (χ0v) is 17.1. The molecule has 0 atom stereocenters. The van der Waals surface area contributed by atoms with Crippen molar-refractivity contribution in [3.63, 3.8) is 0 Å². The van der Waals surface area contributed by atoms with Crippen LogP contribution in [0.2, 0.25) is 0 Å². The first-order chi connectivity index (χ1) is 11.1. The van der Waals surface area contributed by atoms with E-state index in [0.29, 0.717) is 31.4 Å². The SMILES string of the molecule is CN=C(NCCOc1cccc(F)c1)NCc1nc(C)c(C)s1.I. The molecule has 0 saturated carbocycles. The maximum absolute atomic E-state index is 13.0. The van der Waals surface area contributed by atoms with Crippen LogP contribution in [-0.2, 0) is 6.54 Å². The summed E-state index contributed by atoms with van der Waals surface area (Å²) in [5, 5.41) is 7.38. The van der Waals surface area contributed by atoms with E-state index in [1.54, 1.807) is 30.5 Å². The van der Waals surface area contributed by atoms with Crippen molar-refractivity contribution < 1.29 is 9.13 Å². The monoisotopic (exact) mass is 464 g/mol. The Kier molecular flexibility index (Phi) is 8.98. The van der Waals surface area contributed by atoms with E-state index >= 15 is 0 Å². The maximum atomic E-state index is 13.0. The number of hydrogen-bond donors (Lipinski definition) is 2. The van der Waals surface area contributed by atoms with Crippen LogP contribution in [0.3, 0.4) is 0 Å². The highest BCUT2D eigenvalue weighted by Crippen LogP contribution is 2.15. The Hall–Kier alpha value is -1.42. The Bertz CT molecular complexity index is 658. The van der Waals surface area contributed by atoms with Gasteiger partial charge in [0, 0.05) is 18.0 Å². The average Bonchev–Trinajstić information content (AvgIpc) is 2.85. The van der Waals surface area contributed by atoms with Gasteiger partial charge in [0.15, 0.2) is 5.96 Å². The molecule has 0 aliphatic heterocycles. The molecule has 0 radical (unpaired) electrons. The number of nitrogens with one attached hydrogen (secondary N) is 2. The minimum Gasteiger partial charge on any atom is -0.492 e. The quantitative estimate of drug-likeness (QED) is 0.298. The van der Waals surface area contributed by atoms with E-state index < -0.39 is 0 Å². The molecular weight excluding hydrogens is 442 g/mol. The summed E-state index contributed by atoms with van der Waals surface area (Å²) in [7, 11) is 1.71. The van der Waals surface area contributed by atoms with Gasteiger partial charge in [-0.1, -0.05) is 6.07 Å². The predicted molar refractivity (Wildman–Crippen MR) is 107 cm³/mol. The maximum Gasteiger partial charge on any atom is 0.191 e. The molecular formula is C16H22FIN4OS. The van der Waals surface area contributed by atoms with Crippen LogP contribution in [0.4, 0.5) is 4.39 Å². The van der Waals surface area contributed by atoms with Gasteiger partial charge < -0.3 is 15.4 Å². The van der Waals surface area contributed by atoms with Crippen molar-refractivity contribution in [3.8, 4) is 5.75 Å². The van der Waals surface area contributed by atoms with E-state index in [-0.39, 0.29) is 29.8 Å². The normalized spacial score (nSPS) is 10.9. The number of aryl methyl sites for hydroxylation is 2. The molecule has 2 N–H and O–H groups in total. The van der Waals surface area contributed by atoms with E-state index in [1.807, 2.05) is 6.92 Å². The van der Waals surface area contributed by atoms with Gasteiger partial charge in [0.1, 0.15) is 23.2 Å². The van der Waals surface area contributed by atoms with Gasteiger partial charge in [0.2, 0.25) is 0 Å². The standard InChI is InChI=1S/C16H21FN4OS.HI/c1-11-12(2)23-15(21-11)10-20-16(18-3)19-7-8-22-14-6-4-5-13(17)9-14;/h4-6,9H,7-8,10H2,1-3H3,(H2,18,19,20);1H. The molecule has 132 valence electrons. The third-order valence-corrected chi connectivity index (χ3v) is 4.24.